The first-order chi connectivity index (χ1) is 6.86. The van der Waals surface area contributed by atoms with Crippen LogP contribution < -0.4 is 0 Å². The lowest BCUT2D eigenvalue weighted by Crippen LogP contribution is -2.02. The molecule has 0 aliphatic rings. The first-order valence-electron chi connectivity index (χ1n) is 3.96. The summed E-state index contributed by atoms with van der Waals surface area (Å²) < 4.78 is 0. The van der Waals surface area contributed by atoms with Gasteiger partial charge in [0.2, 0.25) is 0 Å². The SMILES string of the molecule is CO/N=C(/C=S)CSc1ccccn1. The van der Waals surface area contributed by atoms with Gasteiger partial charge in [-0.05, 0) is 12.1 Å². The number of rotatable bonds is 5. The maximum Gasteiger partial charge on any atom is 0.106 e. The summed E-state index contributed by atoms with van der Waals surface area (Å²) in [7, 11) is 1.50. The molecule has 0 aromatic carbocycles. The molecule has 1 heterocycles. The Morgan fingerprint density at radius 2 is 2.57 bits per heavy atom. The zero-order valence-electron chi connectivity index (χ0n) is 7.71. The summed E-state index contributed by atoms with van der Waals surface area (Å²) in [6.45, 7) is 0. The van der Waals surface area contributed by atoms with E-state index in [4.69, 9.17) is 12.2 Å². The van der Waals surface area contributed by atoms with E-state index in [1.165, 1.54) is 12.5 Å². The van der Waals surface area contributed by atoms with Crippen molar-refractivity contribution in [2.24, 2.45) is 5.16 Å². The molecule has 0 saturated heterocycles. The average Bonchev–Trinajstić information content (AvgIpc) is 2.25. The van der Waals surface area contributed by atoms with Gasteiger partial charge in [0.05, 0.1) is 5.03 Å². The molecule has 1 rings (SSSR count). The molecule has 0 aliphatic heterocycles. The van der Waals surface area contributed by atoms with Crippen LogP contribution in [0.2, 0.25) is 0 Å². The monoisotopic (exact) mass is 226 g/mol. The van der Waals surface area contributed by atoms with Crippen LogP contribution in [0.5, 0.6) is 0 Å². The highest BCUT2D eigenvalue weighted by molar-refractivity contribution is 8.00. The van der Waals surface area contributed by atoms with Crippen molar-refractivity contribution in [1.29, 1.82) is 0 Å². The predicted molar refractivity (Wildman–Crippen MR) is 63.1 cm³/mol. The van der Waals surface area contributed by atoms with Crippen molar-refractivity contribution in [3.8, 4) is 0 Å². The molecule has 0 N–H and O–H groups in total. The van der Waals surface area contributed by atoms with Crippen LogP contribution in [0.4, 0.5) is 0 Å². The zero-order valence-corrected chi connectivity index (χ0v) is 9.35. The Hall–Kier alpha value is -0.940. The van der Waals surface area contributed by atoms with Gasteiger partial charge in [0.25, 0.3) is 0 Å². The minimum Gasteiger partial charge on any atom is -0.399 e. The van der Waals surface area contributed by atoms with Crippen molar-refractivity contribution in [3.63, 3.8) is 0 Å². The number of hydrogen-bond donors (Lipinski definition) is 0. The maximum atomic E-state index is 4.78. The lowest BCUT2D eigenvalue weighted by Gasteiger charge is -1.99. The van der Waals surface area contributed by atoms with E-state index in [0.717, 1.165) is 10.7 Å². The Morgan fingerprint density at radius 3 is 3.14 bits per heavy atom. The third kappa shape index (κ3) is 3.85. The molecule has 0 aliphatic carbocycles. The molecule has 0 unspecified atom stereocenters. The molecular weight excluding hydrogens is 216 g/mol. The largest absolute Gasteiger partial charge is 0.399 e. The van der Waals surface area contributed by atoms with Gasteiger partial charge < -0.3 is 4.84 Å². The van der Waals surface area contributed by atoms with Crippen LogP contribution in [0, 0.1) is 0 Å². The Morgan fingerprint density at radius 1 is 1.71 bits per heavy atom. The fraction of sp³-hybridized carbons (Fsp3) is 0.222. The van der Waals surface area contributed by atoms with Crippen LogP contribution in [-0.2, 0) is 4.84 Å². The second-order valence-corrected chi connectivity index (χ2v) is 3.57. The summed E-state index contributed by atoms with van der Waals surface area (Å²) in [6.07, 6.45) is 1.76. The number of pyridine rings is 1. The van der Waals surface area contributed by atoms with Crippen molar-refractivity contribution in [2.75, 3.05) is 12.9 Å². The molecule has 3 nitrogen and oxygen atoms in total. The van der Waals surface area contributed by atoms with Gasteiger partial charge in [-0.15, -0.1) is 0 Å². The molecule has 0 radical (unpaired) electrons. The minimum absolute atomic E-state index is 0.675. The normalized spacial score (nSPS) is 11.1. The molecule has 14 heavy (non-hydrogen) atoms. The molecular formula is C9H10N2OS2. The summed E-state index contributed by atoms with van der Waals surface area (Å²) >= 11 is 6.36. The van der Waals surface area contributed by atoms with Gasteiger partial charge in [0.15, 0.2) is 0 Å². The van der Waals surface area contributed by atoms with E-state index in [-0.39, 0.29) is 0 Å². The first kappa shape index (κ1) is 11.1. The van der Waals surface area contributed by atoms with Gasteiger partial charge in [-0.2, -0.15) is 0 Å². The lowest BCUT2D eigenvalue weighted by atomic mass is 10.5. The summed E-state index contributed by atoms with van der Waals surface area (Å²) in [6, 6.07) is 5.77. The molecule has 0 spiro atoms. The Balaban J connectivity index is 2.48. The highest BCUT2D eigenvalue weighted by Crippen LogP contribution is 2.13. The van der Waals surface area contributed by atoms with Gasteiger partial charge in [-0.3, -0.25) is 0 Å². The summed E-state index contributed by atoms with van der Waals surface area (Å²) in [5.74, 6) is 0.675. The molecule has 0 saturated carbocycles. The van der Waals surface area contributed by atoms with E-state index < -0.39 is 0 Å². The van der Waals surface area contributed by atoms with Crippen LogP contribution >= 0.6 is 24.0 Å². The Kier molecular flexibility index (Phi) is 5.17. The van der Waals surface area contributed by atoms with Gasteiger partial charge in [-0.1, -0.05) is 35.2 Å². The van der Waals surface area contributed by atoms with Crippen molar-refractivity contribution < 1.29 is 4.84 Å². The van der Waals surface area contributed by atoms with Crippen LogP contribution in [0.25, 0.3) is 0 Å². The first-order valence-corrected chi connectivity index (χ1v) is 5.41. The van der Waals surface area contributed by atoms with Crippen molar-refractivity contribution in [3.05, 3.63) is 24.4 Å². The third-order valence-corrected chi connectivity index (χ3v) is 2.60. The summed E-state index contributed by atoms with van der Waals surface area (Å²) in [4.78, 5) is 8.80. The molecule has 0 fully saturated rings. The Labute approximate surface area is 92.6 Å². The van der Waals surface area contributed by atoms with E-state index in [9.17, 15) is 0 Å². The quantitative estimate of drug-likeness (QED) is 0.333. The van der Waals surface area contributed by atoms with Crippen LogP contribution in [0.3, 0.4) is 0 Å². The minimum atomic E-state index is 0.675. The van der Waals surface area contributed by atoms with E-state index in [0.29, 0.717) is 5.75 Å². The van der Waals surface area contributed by atoms with E-state index in [1.54, 1.807) is 18.0 Å². The van der Waals surface area contributed by atoms with Crippen LogP contribution in [-0.4, -0.2) is 28.9 Å². The fourth-order valence-corrected chi connectivity index (χ4v) is 1.75. The molecule has 0 amide bonds. The van der Waals surface area contributed by atoms with Crippen molar-refractivity contribution >= 4 is 35.1 Å². The smallest absolute Gasteiger partial charge is 0.106 e. The van der Waals surface area contributed by atoms with Gasteiger partial charge >= 0.3 is 0 Å². The van der Waals surface area contributed by atoms with Crippen LogP contribution in [0.1, 0.15) is 0 Å². The highest BCUT2D eigenvalue weighted by atomic mass is 32.2. The van der Waals surface area contributed by atoms with E-state index in [2.05, 4.69) is 15.0 Å². The average molecular weight is 226 g/mol. The number of thioether (sulfide) groups is 1. The number of nitrogens with zero attached hydrogens (tertiary/aromatic N) is 2. The van der Waals surface area contributed by atoms with E-state index in [1.807, 2.05) is 18.2 Å². The molecule has 74 valence electrons. The zero-order chi connectivity index (χ0) is 10.2. The molecule has 0 atom stereocenters. The van der Waals surface area contributed by atoms with E-state index >= 15 is 0 Å². The van der Waals surface area contributed by atoms with Gasteiger partial charge in [0.1, 0.15) is 12.8 Å². The van der Waals surface area contributed by atoms with Crippen molar-refractivity contribution in [2.45, 2.75) is 5.03 Å². The predicted octanol–water partition coefficient (Wildman–Crippen LogP) is 2.18. The second kappa shape index (κ2) is 6.50. The standard InChI is InChI=1S/C9H10N2OS2/c1-12-11-8(6-13)7-14-9-4-2-3-5-10-9/h2-6H,7H2,1H3/b11-8-. The molecule has 1 aromatic heterocycles. The summed E-state index contributed by atoms with van der Waals surface area (Å²) in [5, 5.41) is 6.23. The third-order valence-electron chi connectivity index (χ3n) is 1.35. The summed E-state index contributed by atoms with van der Waals surface area (Å²) in [5.41, 5.74) is 0.734. The fourth-order valence-electron chi connectivity index (χ4n) is 0.779. The highest BCUT2D eigenvalue weighted by Gasteiger charge is 1.98. The molecule has 5 heteroatoms. The topological polar surface area (TPSA) is 34.5 Å². The van der Waals surface area contributed by atoms with Gasteiger partial charge in [-0.25, -0.2) is 4.98 Å². The van der Waals surface area contributed by atoms with Crippen LogP contribution in [0.15, 0.2) is 34.6 Å². The number of hydrogen-bond acceptors (Lipinski definition) is 5. The number of oxime groups is 1. The number of thiocarbonyl (C=S) groups is 1. The molecule has 0 bridgehead atoms. The second-order valence-electron chi connectivity index (χ2n) is 2.34. The maximum absolute atomic E-state index is 4.78. The Bertz CT molecular complexity index is 314. The van der Waals surface area contributed by atoms with Crippen molar-refractivity contribution in [1.82, 2.24) is 4.98 Å². The van der Waals surface area contributed by atoms with Gasteiger partial charge in [0, 0.05) is 17.3 Å². The lowest BCUT2D eigenvalue weighted by molar-refractivity contribution is 0.214. The number of aromatic nitrogens is 1. The molecule has 1 aromatic rings.